The standard InChI is InChI=1S/C15H18N2O/c1-3-9-17(10-4-2)15(18)14-11-12-7-5-6-8-13(12)16-14/h1,5-8,14,16H,4,9-11H2,2H3/t14-/m0/s1. The van der Waals surface area contributed by atoms with Crippen molar-refractivity contribution in [3.63, 3.8) is 0 Å². The normalized spacial score (nSPS) is 16.6. The van der Waals surface area contributed by atoms with Crippen molar-refractivity contribution < 1.29 is 4.79 Å². The van der Waals surface area contributed by atoms with Gasteiger partial charge in [-0.25, -0.2) is 0 Å². The quantitative estimate of drug-likeness (QED) is 0.818. The van der Waals surface area contributed by atoms with Crippen molar-refractivity contribution in [2.45, 2.75) is 25.8 Å². The van der Waals surface area contributed by atoms with Gasteiger partial charge in [-0.1, -0.05) is 31.0 Å². The molecule has 0 radical (unpaired) electrons. The lowest BCUT2D eigenvalue weighted by atomic mass is 10.1. The highest BCUT2D eigenvalue weighted by Gasteiger charge is 2.29. The van der Waals surface area contributed by atoms with Gasteiger partial charge < -0.3 is 10.2 Å². The van der Waals surface area contributed by atoms with Crippen molar-refractivity contribution >= 4 is 11.6 Å². The topological polar surface area (TPSA) is 32.3 Å². The van der Waals surface area contributed by atoms with Crippen LogP contribution in [0, 0.1) is 12.3 Å². The van der Waals surface area contributed by atoms with Crippen LogP contribution in [0.25, 0.3) is 0 Å². The third-order valence-corrected chi connectivity index (χ3v) is 3.16. The molecule has 1 N–H and O–H groups in total. The summed E-state index contributed by atoms with van der Waals surface area (Å²) in [5.74, 6) is 2.66. The number of nitrogens with zero attached hydrogens (tertiary/aromatic N) is 1. The molecule has 0 bridgehead atoms. The van der Waals surface area contributed by atoms with Crippen LogP contribution in [0.2, 0.25) is 0 Å². The lowest BCUT2D eigenvalue weighted by molar-refractivity contribution is -0.131. The average Bonchev–Trinajstić information content (AvgIpc) is 2.81. The number of rotatable bonds is 4. The molecule has 1 heterocycles. The second kappa shape index (κ2) is 5.59. The smallest absolute Gasteiger partial charge is 0.246 e. The molecule has 3 nitrogen and oxygen atoms in total. The van der Waals surface area contributed by atoms with Crippen LogP contribution in [0.1, 0.15) is 18.9 Å². The summed E-state index contributed by atoms with van der Waals surface area (Å²) in [7, 11) is 0. The Hall–Kier alpha value is -1.95. The molecule has 3 heteroatoms. The van der Waals surface area contributed by atoms with Crippen LogP contribution in [-0.4, -0.2) is 29.9 Å². The fourth-order valence-corrected chi connectivity index (χ4v) is 2.31. The molecule has 0 saturated heterocycles. The highest BCUT2D eigenvalue weighted by molar-refractivity contribution is 5.87. The Morgan fingerprint density at radius 3 is 3.00 bits per heavy atom. The molecule has 0 fully saturated rings. The van der Waals surface area contributed by atoms with Crippen molar-refractivity contribution in [3.05, 3.63) is 29.8 Å². The maximum absolute atomic E-state index is 12.4. The molecule has 1 amide bonds. The molecule has 1 aromatic rings. The Morgan fingerprint density at radius 1 is 1.56 bits per heavy atom. The molecule has 1 atom stereocenters. The number of amides is 1. The number of benzene rings is 1. The van der Waals surface area contributed by atoms with E-state index in [0.29, 0.717) is 6.54 Å². The zero-order valence-electron chi connectivity index (χ0n) is 10.6. The van der Waals surface area contributed by atoms with E-state index < -0.39 is 0 Å². The second-order valence-corrected chi connectivity index (χ2v) is 4.52. The highest BCUT2D eigenvalue weighted by Crippen LogP contribution is 2.25. The molecule has 1 aromatic carbocycles. The number of anilines is 1. The number of hydrogen-bond acceptors (Lipinski definition) is 2. The summed E-state index contributed by atoms with van der Waals surface area (Å²) in [5, 5.41) is 3.27. The van der Waals surface area contributed by atoms with Gasteiger partial charge in [0.05, 0.1) is 6.54 Å². The Kier molecular flexibility index (Phi) is 3.88. The van der Waals surface area contributed by atoms with Gasteiger partial charge in [0.15, 0.2) is 0 Å². The number of hydrogen-bond donors (Lipinski definition) is 1. The fraction of sp³-hybridized carbons (Fsp3) is 0.400. The summed E-state index contributed by atoms with van der Waals surface area (Å²) in [6, 6.07) is 7.87. The summed E-state index contributed by atoms with van der Waals surface area (Å²) in [4.78, 5) is 14.1. The van der Waals surface area contributed by atoms with Gasteiger partial charge in [-0.15, -0.1) is 6.42 Å². The van der Waals surface area contributed by atoms with E-state index in [1.165, 1.54) is 5.56 Å². The van der Waals surface area contributed by atoms with Crippen LogP contribution >= 0.6 is 0 Å². The maximum atomic E-state index is 12.4. The van der Waals surface area contributed by atoms with Crippen LogP contribution in [0.4, 0.5) is 5.69 Å². The summed E-state index contributed by atoms with van der Waals surface area (Å²) >= 11 is 0. The van der Waals surface area contributed by atoms with Gasteiger partial charge in [-0.3, -0.25) is 4.79 Å². The summed E-state index contributed by atoms with van der Waals surface area (Å²) in [6.07, 6.45) is 6.99. The monoisotopic (exact) mass is 242 g/mol. The molecule has 0 saturated carbocycles. The predicted molar refractivity (Wildman–Crippen MR) is 73.3 cm³/mol. The van der Waals surface area contributed by atoms with Gasteiger partial charge in [0.25, 0.3) is 0 Å². The number of para-hydroxylation sites is 1. The third-order valence-electron chi connectivity index (χ3n) is 3.16. The number of carbonyl (C=O) groups excluding carboxylic acids is 1. The minimum Gasteiger partial charge on any atom is -0.373 e. The van der Waals surface area contributed by atoms with Gasteiger partial charge in [-0.2, -0.15) is 0 Å². The van der Waals surface area contributed by atoms with Gasteiger partial charge in [-0.05, 0) is 18.1 Å². The molecule has 0 aliphatic carbocycles. The van der Waals surface area contributed by atoms with E-state index in [0.717, 1.165) is 25.1 Å². The molecular weight excluding hydrogens is 224 g/mol. The Labute approximate surface area is 108 Å². The molecular formula is C15H18N2O. The van der Waals surface area contributed by atoms with Crippen LogP contribution in [0.5, 0.6) is 0 Å². The highest BCUT2D eigenvalue weighted by atomic mass is 16.2. The first-order chi connectivity index (χ1) is 8.76. The Morgan fingerprint density at radius 2 is 2.33 bits per heavy atom. The average molecular weight is 242 g/mol. The predicted octanol–water partition coefficient (Wildman–Crippen LogP) is 1.89. The molecule has 2 rings (SSSR count). The molecule has 18 heavy (non-hydrogen) atoms. The first-order valence-electron chi connectivity index (χ1n) is 6.33. The van der Waals surface area contributed by atoms with E-state index >= 15 is 0 Å². The SMILES string of the molecule is C#CCN(CCC)C(=O)[C@@H]1Cc2ccccc2N1. The van der Waals surface area contributed by atoms with Gasteiger partial charge >= 0.3 is 0 Å². The van der Waals surface area contributed by atoms with Crippen LogP contribution < -0.4 is 5.32 Å². The first kappa shape index (κ1) is 12.5. The Balaban J connectivity index is 2.06. The molecule has 0 unspecified atom stereocenters. The van der Waals surface area contributed by atoms with Gasteiger partial charge in [0, 0.05) is 18.7 Å². The van der Waals surface area contributed by atoms with Crippen molar-refractivity contribution in [1.82, 2.24) is 4.90 Å². The molecule has 94 valence electrons. The van der Waals surface area contributed by atoms with Crippen molar-refractivity contribution in [2.75, 3.05) is 18.4 Å². The zero-order chi connectivity index (χ0) is 13.0. The lowest BCUT2D eigenvalue weighted by Gasteiger charge is -2.23. The number of carbonyl (C=O) groups is 1. The first-order valence-corrected chi connectivity index (χ1v) is 6.33. The van der Waals surface area contributed by atoms with E-state index in [9.17, 15) is 4.79 Å². The van der Waals surface area contributed by atoms with Crippen LogP contribution in [-0.2, 0) is 11.2 Å². The molecule has 0 aromatic heterocycles. The lowest BCUT2D eigenvalue weighted by Crippen LogP contribution is -2.42. The Bertz CT molecular complexity index is 451. The maximum Gasteiger partial charge on any atom is 0.246 e. The minimum atomic E-state index is -0.165. The van der Waals surface area contributed by atoms with E-state index in [1.54, 1.807) is 4.90 Å². The summed E-state index contributed by atoms with van der Waals surface area (Å²) < 4.78 is 0. The largest absolute Gasteiger partial charge is 0.373 e. The van der Waals surface area contributed by atoms with Gasteiger partial charge in [0.1, 0.15) is 6.04 Å². The van der Waals surface area contributed by atoms with Crippen molar-refractivity contribution in [2.24, 2.45) is 0 Å². The molecule has 0 spiro atoms. The van der Waals surface area contributed by atoms with E-state index in [4.69, 9.17) is 6.42 Å². The minimum absolute atomic E-state index is 0.103. The molecule has 1 aliphatic rings. The van der Waals surface area contributed by atoms with Crippen molar-refractivity contribution in [3.8, 4) is 12.3 Å². The van der Waals surface area contributed by atoms with E-state index in [2.05, 4.69) is 17.3 Å². The van der Waals surface area contributed by atoms with Crippen LogP contribution in [0.15, 0.2) is 24.3 Å². The summed E-state index contributed by atoms with van der Waals surface area (Å²) in [5.41, 5.74) is 2.26. The van der Waals surface area contributed by atoms with Crippen LogP contribution in [0.3, 0.4) is 0 Å². The third kappa shape index (κ3) is 2.48. The number of terminal acetylenes is 1. The zero-order valence-corrected chi connectivity index (χ0v) is 10.6. The number of nitrogens with one attached hydrogen (secondary N) is 1. The number of fused-ring (bicyclic) bond motifs is 1. The summed E-state index contributed by atoms with van der Waals surface area (Å²) in [6.45, 7) is 3.16. The van der Waals surface area contributed by atoms with Crippen molar-refractivity contribution in [1.29, 1.82) is 0 Å². The second-order valence-electron chi connectivity index (χ2n) is 4.52. The van der Waals surface area contributed by atoms with Gasteiger partial charge in [0.2, 0.25) is 5.91 Å². The fourth-order valence-electron chi connectivity index (χ4n) is 2.31. The van der Waals surface area contributed by atoms with E-state index in [1.807, 2.05) is 25.1 Å². The van der Waals surface area contributed by atoms with E-state index in [-0.39, 0.29) is 11.9 Å². The molecule has 1 aliphatic heterocycles.